The molecular formula is C15H19N3O5S2. The number of carbonyl (C=O) groups is 1. The Hall–Kier alpha value is -2.20. The highest BCUT2D eigenvalue weighted by Gasteiger charge is 2.18. The molecule has 0 bridgehead atoms. The normalized spacial score (nSPS) is 12.1. The van der Waals surface area contributed by atoms with Gasteiger partial charge in [-0.2, -0.15) is 0 Å². The van der Waals surface area contributed by atoms with Gasteiger partial charge in [0.25, 0.3) is 5.91 Å². The maximum atomic E-state index is 12.2. The van der Waals surface area contributed by atoms with Gasteiger partial charge >= 0.3 is 0 Å². The van der Waals surface area contributed by atoms with E-state index < -0.39 is 25.6 Å². The summed E-state index contributed by atoms with van der Waals surface area (Å²) in [6.07, 6.45) is 6.53. The average molecular weight is 385 g/mol. The second kappa shape index (κ2) is 7.36. The van der Waals surface area contributed by atoms with Crippen LogP contribution in [0.15, 0.2) is 40.4 Å². The standard InChI is InChI=1S/C15H19N3O5S2/c1-24(20,21)12-8-11(9-13(10-12)25(2,22)23)15(19)18-5-3-4-14-16-6-7-17-14/h6-10H,3-5H2,1-2H3,(H,16,17)(H,18,19). The van der Waals surface area contributed by atoms with Crippen molar-refractivity contribution in [3.8, 4) is 0 Å². The third kappa shape index (κ3) is 5.40. The number of aromatic amines is 1. The van der Waals surface area contributed by atoms with Gasteiger partial charge in [-0.25, -0.2) is 21.8 Å². The van der Waals surface area contributed by atoms with Gasteiger partial charge in [0, 0.05) is 43.4 Å². The number of aromatic nitrogens is 2. The summed E-state index contributed by atoms with van der Waals surface area (Å²) >= 11 is 0. The maximum Gasteiger partial charge on any atom is 0.251 e. The predicted octanol–water partition coefficient (Wildman–Crippen LogP) is 0.579. The van der Waals surface area contributed by atoms with Crippen LogP contribution in [-0.4, -0.2) is 51.8 Å². The number of rotatable bonds is 7. The van der Waals surface area contributed by atoms with Gasteiger partial charge in [-0.1, -0.05) is 0 Å². The van der Waals surface area contributed by atoms with E-state index >= 15 is 0 Å². The van der Waals surface area contributed by atoms with Crippen molar-refractivity contribution in [1.29, 1.82) is 0 Å². The molecule has 10 heteroatoms. The number of nitrogens with zero attached hydrogens (tertiary/aromatic N) is 1. The third-order valence-electron chi connectivity index (χ3n) is 3.43. The van der Waals surface area contributed by atoms with Gasteiger partial charge in [0.05, 0.1) is 9.79 Å². The zero-order chi connectivity index (χ0) is 18.7. The molecule has 0 aliphatic heterocycles. The summed E-state index contributed by atoms with van der Waals surface area (Å²) in [5.41, 5.74) is -0.0126. The molecule has 0 saturated heterocycles. The second-order valence-electron chi connectivity index (χ2n) is 5.63. The fourth-order valence-corrected chi connectivity index (χ4v) is 3.56. The number of sulfone groups is 2. The van der Waals surface area contributed by atoms with Crippen LogP contribution in [0.5, 0.6) is 0 Å². The number of benzene rings is 1. The largest absolute Gasteiger partial charge is 0.352 e. The van der Waals surface area contributed by atoms with Crippen LogP contribution in [-0.2, 0) is 26.1 Å². The Kier molecular flexibility index (Phi) is 5.63. The van der Waals surface area contributed by atoms with Crippen LogP contribution < -0.4 is 5.32 Å². The summed E-state index contributed by atoms with van der Waals surface area (Å²) < 4.78 is 47.0. The Bertz CT molecular complexity index is 914. The molecule has 0 aliphatic rings. The Balaban J connectivity index is 2.15. The summed E-state index contributed by atoms with van der Waals surface area (Å²) in [6.45, 7) is 0.344. The quantitative estimate of drug-likeness (QED) is 0.672. The van der Waals surface area contributed by atoms with E-state index in [1.54, 1.807) is 12.4 Å². The first-order chi connectivity index (χ1) is 11.6. The molecule has 8 nitrogen and oxygen atoms in total. The molecule has 136 valence electrons. The summed E-state index contributed by atoms with van der Waals surface area (Å²) in [7, 11) is -7.31. The van der Waals surface area contributed by atoms with Crippen molar-refractivity contribution in [3.05, 3.63) is 42.0 Å². The molecule has 1 aromatic heterocycles. The minimum absolute atomic E-state index is 0.0126. The molecule has 0 spiro atoms. The smallest absolute Gasteiger partial charge is 0.251 e. The lowest BCUT2D eigenvalue weighted by molar-refractivity contribution is 0.0952. The minimum atomic E-state index is -3.65. The Labute approximate surface area is 146 Å². The van der Waals surface area contributed by atoms with E-state index in [1.807, 2.05) is 0 Å². The fourth-order valence-electron chi connectivity index (χ4n) is 2.13. The molecular weight excluding hydrogens is 366 g/mol. The molecule has 25 heavy (non-hydrogen) atoms. The van der Waals surface area contributed by atoms with Crippen molar-refractivity contribution in [2.45, 2.75) is 22.6 Å². The SMILES string of the molecule is CS(=O)(=O)c1cc(C(=O)NCCCc2ncc[nH]2)cc(S(C)(=O)=O)c1. The summed E-state index contributed by atoms with van der Waals surface area (Å²) in [5.74, 6) is 0.266. The van der Waals surface area contributed by atoms with Crippen molar-refractivity contribution >= 4 is 25.6 Å². The number of hydrogen-bond donors (Lipinski definition) is 2. The summed E-state index contributed by atoms with van der Waals surface area (Å²) in [5, 5.41) is 2.65. The van der Waals surface area contributed by atoms with Crippen LogP contribution in [0.25, 0.3) is 0 Å². The van der Waals surface area contributed by atoms with Crippen LogP contribution in [0.3, 0.4) is 0 Å². The first-order valence-electron chi connectivity index (χ1n) is 7.39. The van der Waals surface area contributed by atoms with Gasteiger partial charge in [0.15, 0.2) is 19.7 Å². The zero-order valence-electron chi connectivity index (χ0n) is 13.8. The molecule has 0 radical (unpaired) electrons. The summed E-state index contributed by atoms with van der Waals surface area (Å²) in [4.78, 5) is 18.8. The molecule has 2 rings (SSSR count). The lowest BCUT2D eigenvalue weighted by atomic mass is 10.2. The molecule has 2 aromatic rings. The molecule has 0 saturated carbocycles. The molecule has 0 atom stereocenters. The van der Waals surface area contributed by atoms with E-state index in [-0.39, 0.29) is 15.4 Å². The van der Waals surface area contributed by atoms with Crippen LogP contribution >= 0.6 is 0 Å². The number of amides is 1. The van der Waals surface area contributed by atoms with Gasteiger partial charge in [-0.3, -0.25) is 4.79 Å². The Morgan fingerprint density at radius 2 is 1.68 bits per heavy atom. The van der Waals surface area contributed by atoms with E-state index in [0.717, 1.165) is 24.4 Å². The zero-order valence-corrected chi connectivity index (χ0v) is 15.4. The van der Waals surface area contributed by atoms with Crippen molar-refractivity contribution in [2.75, 3.05) is 19.1 Å². The fraction of sp³-hybridized carbons (Fsp3) is 0.333. The van der Waals surface area contributed by atoms with Crippen LogP contribution in [0, 0.1) is 0 Å². The molecule has 0 fully saturated rings. The second-order valence-corrected chi connectivity index (χ2v) is 9.66. The number of aryl methyl sites for hydroxylation is 1. The first-order valence-corrected chi connectivity index (χ1v) is 11.2. The van der Waals surface area contributed by atoms with Gasteiger partial charge in [-0.15, -0.1) is 0 Å². The Morgan fingerprint density at radius 3 is 2.16 bits per heavy atom. The molecule has 0 aliphatic carbocycles. The van der Waals surface area contributed by atoms with Gasteiger partial charge in [-0.05, 0) is 24.6 Å². The monoisotopic (exact) mass is 385 g/mol. The van der Waals surface area contributed by atoms with Gasteiger partial charge < -0.3 is 10.3 Å². The average Bonchev–Trinajstić information content (AvgIpc) is 3.02. The Morgan fingerprint density at radius 1 is 1.08 bits per heavy atom. The van der Waals surface area contributed by atoms with E-state index in [1.165, 1.54) is 12.1 Å². The highest BCUT2D eigenvalue weighted by molar-refractivity contribution is 7.91. The highest BCUT2D eigenvalue weighted by atomic mass is 32.2. The third-order valence-corrected chi connectivity index (χ3v) is 5.61. The molecule has 1 heterocycles. The van der Waals surface area contributed by atoms with Crippen molar-refractivity contribution < 1.29 is 21.6 Å². The number of H-pyrrole nitrogens is 1. The van der Waals surface area contributed by atoms with E-state index in [0.29, 0.717) is 19.4 Å². The number of nitrogens with one attached hydrogen (secondary N) is 2. The molecule has 0 unspecified atom stereocenters. The predicted molar refractivity (Wildman–Crippen MR) is 91.9 cm³/mol. The van der Waals surface area contributed by atoms with Gasteiger partial charge in [0.2, 0.25) is 0 Å². The molecule has 2 N–H and O–H groups in total. The van der Waals surface area contributed by atoms with E-state index in [9.17, 15) is 21.6 Å². The van der Waals surface area contributed by atoms with Crippen LogP contribution in [0.2, 0.25) is 0 Å². The lowest BCUT2D eigenvalue weighted by Gasteiger charge is -2.09. The first kappa shape index (κ1) is 19.1. The molecule has 1 aromatic carbocycles. The van der Waals surface area contributed by atoms with E-state index in [2.05, 4.69) is 15.3 Å². The van der Waals surface area contributed by atoms with E-state index in [4.69, 9.17) is 0 Å². The molecule has 1 amide bonds. The topological polar surface area (TPSA) is 126 Å². The maximum absolute atomic E-state index is 12.2. The number of imidazole rings is 1. The summed E-state index contributed by atoms with van der Waals surface area (Å²) in [6, 6.07) is 3.40. The van der Waals surface area contributed by atoms with Crippen molar-refractivity contribution in [2.24, 2.45) is 0 Å². The van der Waals surface area contributed by atoms with Gasteiger partial charge in [0.1, 0.15) is 5.82 Å². The van der Waals surface area contributed by atoms with Crippen molar-refractivity contribution in [1.82, 2.24) is 15.3 Å². The highest BCUT2D eigenvalue weighted by Crippen LogP contribution is 2.19. The van der Waals surface area contributed by atoms with Crippen LogP contribution in [0.1, 0.15) is 22.6 Å². The lowest BCUT2D eigenvalue weighted by Crippen LogP contribution is -2.25. The van der Waals surface area contributed by atoms with Crippen molar-refractivity contribution in [3.63, 3.8) is 0 Å². The van der Waals surface area contributed by atoms with Crippen LogP contribution in [0.4, 0.5) is 0 Å². The number of carbonyl (C=O) groups excluding carboxylic acids is 1. The number of hydrogen-bond acceptors (Lipinski definition) is 6. The minimum Gasteiger partial charge on any atom is -0.352 e.